The van der Waals surface area contributed by atoms with Crippen molar-refractivity contribution in [3.05, 3.63) is 65.7 Å². The second-order valence-electron chi connectivity index (χ2n) is 9.94. The first kappa shape index (κ1) is 20.6. The molecule has 2 saturated heterocycles. The van der Waals surface area contributed by atoms with Gasteiger partial charge < -0.3 is 5.32 Å². The number of carbonyl (C=O) groups is 3. The third-order valence-corrected chi connectivity index (χ3v) is 8.14. The zero-order chi connectivity index (χ0) is 22.6. The third-order valence-electron chi connectivity index (χ3n) is 8.14. The van der Waals surface area contributed by atoms with E-state index in [9.17, 15) is 14.4 Å². The maximum absolute atomic E-state index is 14.0. The summed E-state index contributed by atoms with van der Waals surface area (Å²) in [7, 11) is 0. The van der Waals surface area contributed by atoms with E-state index in [0.717, 1.165) is 55.3 Å². The molecule has 2 N–H and O–H groups in total. The summed E-state index contributed by atoms with van der Waals surface area (Å²) in [6.07, 6.45) is 6.70. The predicted octanol–water partition coefficient (Wildman–Crippen LogP) is 3.37. The smallest absolute Gasteiger partial charge is 0.250 e. The van der Waals surface area contributed by atoms with E-state index in [-0.39, 0.29) is 29.8 Å². The van der Waals surface area contributed by atoms with Gasteiger partial charge in [0.15, 0.2) is 0 Å². The molecule has 2 aromatic rings. The zero-order valence-corrected chi connectivity index (χ0v) is 18.6. The molecule has 3 amide bonds. The van der Waals surface area contributed by atoms with Gasteiger partial charge in [0, 0.05) is 23.3 Å². The Kier molecular flexibility index (Phi) is 4.87. The molecule has 170 valence electrons. The van der Waals surface area contributed by atoms with Gasteiger partial charge in [0.05, 0.1) is 11.8 Å². The largest absolute Gasteiger partial charge is 0.324 e. The molecule has 6 heteroatoms. The Hall–Kier alpha value is -2.99. The first-order chi connectivity index (χ1) is 16.1. The molecular formula is C27H29N3O3. The van der Waals surface area contributed by atoms with Crippen LogP contribution in [0.25, 0.3) is 0 Å². The SMILES string of the molecule is O=C1[C@@H]2[C@@H](C(=O)N1C1CCCCCC1)[C@]1(N[C@@H]2Cc2ccccc2)C(=O)Nc2ccccc21. The molecular weight excluding hydrogens is 414 g/mol. The number of imide groups is 1. The molecule has 4 aliphatic rings. The topological polar surface area (TPSA) is 78.5 Å². The fourth-order valence-electron chi connectivity index (χ4n) is 6.70. The normalized spacial score (nSPS) is 31.6. The molecule has 3 aliphatic heterocycles. The summed E-state index contributed by atoms with van der Waals surface area (Å²) in [6.45, 7) is 0. The number of hydrogen-bond acceptors (Lipinski definition) is 4. The van der Waals surface area contributed by atoms with E-state index in [4.69, 9.17) is 0 Å². The lowest BCUT2D eigenvalue weighted by atomic mass is 9.76. The Bertz CT molecular complexity index is 1110. The van der Waals surface area contributed by atoms with Crippen LogP contribution >= 0.6 is 0 Å². The number of hydrogen-bond donors (Lipinski definition) is 2. The lowest BCUT2D eigenvalue weighted by molar-refractivity contribution is -0.145. The summed E-state index contributed by atoms with van der Waals surface area (Å²) >= 11 is 0. The number of para-hydroxylation sites is 1. The number of fused-ring (bicyclic) bond motifs is 4. The molecule has 0 bridgehead atoms. The predicted molar refractivity (Wildman–Crippen MR) is 124 cm³/mol. The van der Waals surface area contributed by atoms with Gasteiger partial charge >= 0.3 is 0 Å². The Morgan fingerprint density at radius 1 is 0.848 bits per heavy atom. The van der Waals surface area contributed by atoms with E-state index in [1.54, 1.807) is 4.90 Å². The van der Waals surface area contributed by atoms with Gasteiger partial charge in [0.2, 0.25) is 17.7 Å². The molecule has 4 atom stereocenters. The molecule has 0 unspecified atom stereocenters. The molecule has 1 saturated carbocycles. The fraction of sp³-hybridized carbons (Fsp3) is 0.444. The average molecular weight is 444 g/mol. The molecule has 0 radical (unpaired) electrons. The van der Waals surface area contributed by atoms with Gasteiger partial charge in [-0.3, -0.25) is 24.6 Å². The van der Waals surface area contributed by atoms with Crippen molar-refractivity contribution in [3.8, 4) is 0 Å². The minimum atomic E-state index is -1.20. The van der Waals surface area contributed by atoms with Crippen LogP contribution in [0.3, 0.4) is 0 Å². The standard InChI is InChI=1S/C27H29N3O3/c31-24-22-21(16-17-10-4-3-5-11-17)29-27(19-14-8-9-15-20(19)28-26(27)33)23(22)25(32)30(24)18-12-6-1-2-7-13-18/h3-5,8-11,14-15,18,21-23,29H,1-2,6-7,12-13,16H2,(H,28,33)/t21-,22+,23+,27+/m1/s1. The van der Waals surface area contributed by atoms with Crippen LogP contribution in [-0.2, 0) is 26.3 Å². The van der Waals surface area contributed by atoms with Gasteiger partial charge in [0.25, 0.3) is 0 Å². The summed E-state index contributed by atoms with van der Waals surface area (Å²) in [5, 5.41) is 6.52. The number of nitrogens with one attached hydrogen (secondary N) is 2. The zero-order valence-electron chi connectivity index (χ0n) is 18.6. The van der Waals surface area contributed by atoms with Crippen molar-refractivity contribution in [1.82, 2.24) is 10.2 Å². The van der Waals surface area contributed by atoms with Gasteiger partial charge in [-0.05, 0) is 30.9 Å². The third kappa shape index (κ3) is 3.00. The highest BCUT2D eigenvalue weighted by atomic mass is 16.2. The van der Waals surface area contributed by atoms with Crippen molar-refractivity contribution < 1.29 is 14.4 Å². The van der Waals surface area contributed by atoms with E-state index >= 15 is 0 Å². The molecule has 3 fully saturated rings. The van der Waals surface area contributed by atoms with Gasteiger partial charge in [-0.2, -0.15) is 0 Å². The van der Waals surface area contributed by atoms with E-state index in [1.807, 2.05) is 54.6 Å². The van der Waals surface area contributed by atoms with Crippen LogP contribution < -0.4 is 10.6 Å². The summed E-state index contributed by atoms with van der Waals surface area (Å²) in [5.41, 5.74) is 1.39. The number of benzene rings is 2. The van der Waals surface area contributed by atoms with Crippen molar-refractivity contribution >= 4 is 23.4 Å². The highest BCUT2D eigenvalue weighted by Gasteiger charge is 2.70. The van der Waals surface area contributed by atoms with Crippen molar-refractivity contribution in [1.29, 1.82) is 0 Å². The highest BCUT2D eigenvalue weighted by molar-refractivity contribution is 6.15. The number of likely N-dealkylation sites (tertiary alicyclic amines) is 1. The Morgan fingerprint density at radius 2 is 1.55 bits per heavy atom. The van der Waals surface area contributed by atoms with Gasteiger partial charge in [0.1, 0.15) is 5.54 Å². The van der Waals surface area contributed by atoms with E-state index < -0.39 is 17.4 Å². The van der Waals surface area contributed by atoms with E-state index in [0.29, 0.717) is 6.42 Å². The minimum absolute atomic E-state index is 0.0489. The second-order valence-corrected chi connectivity index (χ2v) is 9.94. The number of nitrogens with zero attached hydrogens (tertiary/aromatic N) is 1. The molecule has 2 aromatic carbocycles. The van der Waals surface area contributed by atoms with Crippen molar-refractivity contribution in [2.75, 3.05) is 5.32 Å². The lowest BCUT2D eigenvalue weighted by Crippen LogP contribution is -2.54. The Balaban J connectivity index is 1.45. The van der Waals surface area contributed by atoms with Crippen LogP contribution in [0.15, 0.2) is 54.6 Å². The van der Waals surface area contributed by atoms with Crippen LogP contribution in [0.5, 0.6) is 0 Å². The maximum Gasteiger partial charge on any atom is 0.250 e. The minimum Gasteiger partial charge on any atom is -0.324 e. The molecule has 6 rings (SSSR count). The Labute approximate surface area is 193 Å². The summed E-state index contributed by atoms with van der Waals surface area (Å²) in [4.78, 5) is 43.0. The van der Waals surface area contributed by atoms with Gasteiger partial charge in [-0.1, -0.05) is 74.2 Å². The summed E-state index contributed by atoms with van der Waals surface area (Å²) in [6, 6.07) is 17.2. The molecule has 0 aromatic heterocycles. The van der Waals surface area contributed by atoms with Crippen LogP contribution in [0, 0.1) is 11.8 Å². The fourth-order valence-corrected chi connectivity index (χ4v) is 6.70. The van der Waals surface area contributed by atoms with Crippen LogP contribution in [0.4, 0.5) is 5.69 Å². The first-order valence-corrected chi connectivity index (χ1v) is 12.2. The quantitative estimate of drug-likeness (QED) is 0.563. The van der Waals surface area contributed by atoms with Crippen molar-refractivity contribution in [2.45, 2.75) is 62.6 Å². The van der Waals surface area contributed by atoms with Crippen LogP contribution in [0.2, 0.25) is 0 Å². The lowest BCUT2D eigenvalue weighted by Gasteiger charge is -2.32. The number of carbonyl (C=O) groups excluding carboxylic acids is 3. The monoisotopic (exact) mass is 443 g/mol. The Morgan fingerprint density at radius 3 is 2.30 bits per heavy atom. The van der Waals surface area contributed by atoms with Gasteiger partial charge in [-0.15, -0.1) is 0 Å². The molecule has 1 aliphatic carbocycles. The summed E-state index contributed by atoms with van der Waals surface area (Å²) in [5.74, 6) is -1.76. The van der Waals surface area contributed by atoms with E-state index in [2.05, 4.69) is 10.6 Å². The van der Waals surface area contributed by atoms with Gasteiger partial charge in [-0.25, -0.2) is 0 Å². The van der Waals surface area contributed by atoms with Crippen molar-refractivity contribution in [3.63, 3.8) is 0 Å². The second kappa shape index (κ2) is 7.80. The van der Waals surface area contributed by atoms with Crippen molar-refractivity contribution in [2.24, 2.45) is 11.8 Å². The maximum atomic E-state index is 14.0. The molecule has 6 nitrogen and oxygen atoms in total. The molecule has 1 spiro atoms. The number of amides is 3. The number of anilines is 1. The molecule has 33 heavy (non-hydrogen) atoms. The highest BCUT2D eigenvalue weighted by Crippen LogP contribution is 2.53. The van der Waals surface area contributed by atoms with Crippen LogP contribution in [-0.4, -0.2) is 34.7 Å². The first-order valence-electron chi connectivity index (χ1n) is 12.2. The molecule has 3 heterocycles. The van der Waals surface area contributed by atoms with E-state index in [1.165, 1.54) is 0 Å². The summed E-state index contributed by atoms with van der Waals surface area (Å²) < 4.78 is 0. The number of rotatable bonds is 3. The average Bonchev–Trinajstić information content (AvgIpc) is 3.28. The van der Waals surface area contributed by atoms with Crippen LogP contribution in [0.1, 0.15) is 49.7 Å².